The number of aliphatic hydroxyl groups is 1. The first-order valence-electron chi connectivity index (χ1n) is 19.2. The molecule has 0 saturated carbocycles. The summed E-state index contributed by atoms with van der Waals surface area (Å²) >= 11 is 0. The number of phosphoric ester groups is 1. The highest BCUT2D eigenvalue weighted by Crippen LogP contribution is 2.43. The molecule has 10 nitrogen and oxygen atoms in total. The molecule has 50 heavy (non-hydrogen) atoms. The van der Waals surface area contributed by atoms with Gasteiger partial charge in [-0.05, 0) is 51.4 Å². The van der Waals surface area contributed by atoms with Crippen LogP contribution in [0.2, 0.25) is 0 Å². The Morgan fingerprint density at radius 1 is 0.680 bits per heavy atom. The number of rotatable bonds is 35. The average Bonchev–Trinajstić information content (AvgIpc) is 3.09. The second-order valence-electron chi connectivity index (χ2n) is 12.6. The first-order chi connectivity index (χ1) is 24.2. The van der Waals surface area contributed by atoms with E-state index in [2.05, 4.69) is 50.3 Å². The topological polar surface area (TPSA) is 155 Å². The molecule has 0 aromatic rings. The summed E-state index contributed by atoms with van der Waals surface area (Å²) in [6, 6.07) is 0. The molecule has 0 spiro atoms. The third kappa shape index (κ3) is 34.4. The number of unbranched alkanes of at least 4 members (excludes halogenated alkanes) is 11. The predicted octanol–water partition coefficient (Wildman–Crippen LogP) is 9.35. The number of hydrogen-bond acceptors (Lipinski definition) is 9. The third-order valence-electron chi connectivity index (χ3n) is 7.77. The van der Waals surface area contributed by atoms with E-state index in [1.54, 1.807) is 0 Å². The van der Waals surface area contributed by atoms with E-state index in [0.29, 0.717) is 19.3 Å². The van der Waals surface area contributed by atoms with Crippen LogP contribution in [0, 0.1) is 0 Å². The van der Waals surface area contributed by atoms with Gasteiger partial charge in [-0.1, -0.05) is 133 Å². The second kappa shape index (κ2) is 35.3. The van der Waals surface area contributed by atoms with E-state index in [0.717, 1.165) is 57.8 Å². The van der Waals surface area contributed by atoms with Crippen molar-refractivity contribution in [2.45, 2.75) is 161 Å². The van der Waals surface area contributed by atoms with Crippen LogP contribution >= 0.6 is 7.82 Å². The van der Waals surface area contributed by atoms with Crippen LogP contribution in [0.4, 0.5) is 0 Å². The zero-order valence-corrected chi connectivity index (χ0v) is 32.1. The Morgan fingerprint density at radius 2 is 1.22 bits per heavy atom. The largest absolute Gasteiger partial charge is 0.472 e. The maximum atomic E-state index is 12.5. The van der Waals surface area contributed by atoms with Gasteiger partial charge < -0.3 is 25.2 Å². The monoisotopic (exact) mass is 727 g/mol. The van der Waals surface area contributed by atoms with Crippen LogP contribution in [0.15, 0.2) is 48.6 Å². The maximum absolute atomic E-state index is 12.5. The fraction of sp³-hybridized carbons (Fsp3) is 0.744. The van der Waals surface area contributed by atoms with Crippen LogP contribution in [0.1, 0.15) is 149 Å². The second-order valence-corrected chi connectivity index (χ2v) is 14.1. The summed E-state index contributed by atoms with van der Waals surface area (Å²) in [5.41, 5.74) is 5.32. The summed E-state index contributed by atoms with van der Waals surface area (Å²) in [7, 11) is -4.39. The minimum Gasteiger partial charge on any atom is -0.462 e. The molecular formula is C39H70NO9P. The number of carbonyl (C=O) groups is 2. The van der Waals surface area contributed by atoms with Gasteiger partial charge in [0.25, 0.3) is 0 Å². The summed E-state index contributed by atoms with van der Waals surface area (Å²) in [4.78, 5) is 34.6. The van der Waals surface area contributed by atoms with Crippen molar-refractivity contribution in [3.8, 4) is 0 Å². The van der Waals surface area contributed by atoms with Crippen LogP contribution in [0.25, 0.3) is 0 Å². The van der Waals surface area contributed by atoms with E-state index in [-0.39, 0.29) is 38.7 Å². The predicted molar refractivity (Wildman–Crippen MR) is 202 cm³/mol. The van der Waals surface area contributed by atoms with Crippen molar-refractivity contribution in [3.05, 3.63) is 48.6 Å². The highest BCUT2D eigenvalue weighted by molar-refractivity contribution is 7.47. The van der Waals surface area contributed by atoms with Gasteiger partial charge in [0.15, 0.2) is 6.10 Å². The molecule has 0 bridgehead atoms. The number of allylic oxidation sites excluding steroid dienone is 7. The summed E-state index contributed by atoms with van der Waals surface area (Å²) in [6.45, 7) is 3.43. The molecule has 11 heteroatoms. The lowest BCUT2D eigenvalue weighted by molar-refractivity contribution is -0.161. The molecule has 0 aliphatic carbocycles. The van der Waals surface area contributed by atoms with Gasteiger partial charge in [-0.3, -0.25) is 18.6 Å². The molecule has 0 radical (unpaired) electrons. The van der Waals surface area contributed by atoms with Crippen LogP contribution < -0.4 is 5.73 Å². The van der Waals surface area contributed by atoms with E-state index in [9.17, 15) is 24.2 Å². The molecule has 0 aromatic carbocycles. The van der Waals surface area contributed by atoms with E-state index < -0.39 is 32.5 Å². The smallest absolute Gasteiger partial charge is 0.462 e. The molecule has 0 aromatic heterocycles. The molecule has 4 N–H and O–H groups in total. The van der Waals surface area contributed by atoms with Crippen molar-refractivity contribution in [2.24, 2.45) is 5.73 Å². The molecule has 3 atom stereocenters. The fourth-order valence-corrected chi connectivity index (χ4v) is 5.70. The number of nitrogens with two attached hydrogens (primary N) is 1. The van der Waals surface area contributed by atoms with Crippen LogP contribution in [-0.4, -0.2) is 60.5 Å². The Kier molecular flexibility index (Phi) is 33.9. The van der Waals surface area contributed by atoms with Crippen molar-refractivity contribution < 1.29 is 42.7 Å². The highest BCUT2D eigenvalue weighted by Gasteiger charge is 2.25. The molecule has 0 rings (SSSR count). The van der Waals surface area contributed by atoms with Crippen molar-refractivity contribution >= 4 is 19.8 Å². The average molecular weight is 728 g/mol. The highest BCUT2D eigenvalue weighted by atomic mass is 31.2. The summed E-state index contributed by atoms with van der Waals surface area (Å²) < 4.78 is 32.5. The fourth-order valence-electron chi connectivity index (χ4n) is 4.93. The molecule has 0 fully saturated rings. The first kappa shape index (κ1) is 47.9. The number of esters is 2. The van der Waals surface area contributed by atoms with Gasteiger partial charge in [0.05, 0.1) is 19.3 Å². The molecule has 0 aliphatic heterocycles. The third-order valence-corrected chi connectivity index (χ3v) is 8.76. The van der Waals surface area contributed by atoms with E-state index in [1.807, 2.05) is 12.2 Å². The van der Waals surface area contributed by atoms with Crippen molar-refractivity contribution in [3.63, 3.8) is 0 Å². The number of phosphoric acid groups is 1. The summed E-state index contributed by atoms with van der Waals surface area (Å²) in [6.07, 6.45) is 35.0. The Bertz CT molecular complexity index is 983. The molecule has 0 heterocycles. The minimum absolute atomic E-state index is 0.0397. The van der Waals surface area contributed by atoms with Gasteiger partial charge >= 0.3 is 19.8 Å². The lowest BCUT2D eigenvalue weighted by atomic mass is 10.1. The Morgan fingerprint density at radius 3 is 1.80 bits per heavy atom. The van der Waals surface area contributed by atoms with Crippen molar-refractivity contribution in [1.29, 1.82) is 0 Å². The lowest BCUT2D eigenvalue weighted by Crippen LogP contribution is -2.29. The van der Waals surface area contributed by atoms with Gasteiger partial charge in [0.1, 0.15) is 6.61 Å². The van der Waals surface area contributed by atoms with Gasteiger partial charge in [-0.15, -0.1) is 0 Å². The quantitative estimate of drug-likeness (QED) is 0.0249. The van der Waals surface area contributed by atoms with E-state index in [4.69, 9.17) is 24.3 Å². The zero-order valence-electron chi connectivity index (χ0n) is 31.2. The SMILES string of the molecule is CCCCCCCCCCCCCC(=O)O[C@H](COC(=O)CCC/C=C\C/C=C\C/C=C\C/C=C\CC(O)CCC)COP(=O)(O)OCCN. The Balaban J connectivity index is 4.33. The standard InChI is InChI=1S/C39H70NO9P/c1-3-5-6-7-8-9-13-18-21-24-27-31-39(43)49-37(35-48-50(44,45)47-33-32-40)34-46-38(42)30-26-23-20-17-15-12-10-11-14-16-19-22-25-29-36(41)28-4-2/h10,12,14,16-17,20,22,25,36-37,41H,3-9,11,13,15,18-19,21,23-24,26-35,40H2,1-2H3,(H,44,45)/b12-10-,16-14-,20-17-,25-22-/t36?,37-/m1/s1. The number of carbonyl (C=O) groups excluding carboxylic acids is 2. The number of aliphatic hydroxyl groups excluding tert-OH is 1. The molecule has 0 saturated heterocycles. The van der Waals surface area contributed by atoms with Crippen LogP contribution in [0.3, 0.4) is 0 Å². The maximum Gasteiger partial charge on any atom is 0.472 e. The summed E-state index contributed by atoms with van der Waals surface area (Å²) in [5, 5.41) is 9.70. The molecule has 0 amide bonds. The van der Waals surface area contributed by atoms with Gasteiger partial charge in [-0.25, -0.2) is 4.57 Å². The lowest BCUT2D eigenvalue weighted by Gasteiger charge is -2.19. The van der Waals surface area contributed by atoms with E-state index >= 15 is 0 Å². The molecule has 2 unspecified atom stereocenters. The van der Waals surface area contributed by atoms with E-state index in [1.165, 1.54) is 44.9 Å². The normalized spacial score (nSPS) is 14.6. The van der Waals surface area contributed by atoms with Crippen LogP contribution in [0.5, 0.6) is 0 Å². The van der Waals surface area contributed by atoms with Gasteiger partial charge in [-0.2, -0.15) is 0 Å². The van der Waals surface area contributed by atoms with Crippen molar-refractivity contribution in [2.75, 3.05) is 26.4 Å². The summed E-state index contributed by atoms with van der Waals surface area (Å²) in [5.74, 6) is -0.918. The number of ether oxygens (including phenoxy) is 2. The van der Waals surface area contributed by atoms with Crippen molar-refractivity contribution in [1.82, 2.24) is 0 Å². The van der Waals surface area contributed by atoms with Gasteiger partial charge in [0, 0.05) is 19.4 Å². The minimum atomic E-state index is -4.39. The van der Waals surface area contributed by atoms with Crippen LogP contribution in [-0.2, 0) is 32.7 Å². The molecular weight excluding hydrogens is 657 g/mol. The van der Waals surface area contributed by atoms with Gasteiger partial charge in [0.2, 0.25) is 0 Å². The first-order valence-corrected chi connectivity index (χ1v) is 20.7. The molecule has 0 aliphatic rings. The Hall–Kier alpha value is -2.07. The molecule has 290 valence electrons. The Labute approximate surface area is 303 Å². The zero-order chi connectivity index (χ0) is 37.0. The number of hydrogen-bond donors (Lipinski definition) is 3.